The van der Waals surface area contributed by atoms with Crippen LogP contribution in [0.5, 0.6) is 5.75 Å². The van der Waals surface area contributed by atoms with Gasteiger partial charge in [-0.05, 0) is 43.9 Å². The predicted octanol–water partition coefficient (Wildman–Crippen LogP) is 3.77. The van der Waals surface area contributed by atoms with Gasteiger partial charge < -0.3 is 15.4 Å². The van der Waals surface area contributed by atoms with Gasteiger partial charge in [-0.2, -0.15) is 0 Å². The van der Waals surface area contributed by atoms with Gasteiger partial charge in [0, 0.05) is 11.6 Å². The van der Waals surface area contributed by atoms with Crippen molar-refractivity contribution in [3.05, 3.63) is 64.9 Å². The molecular formula is C22H22ClFN2O3. The Morgan fingerprint density at radius 2 is 1.86 bits per heavy atom. The molecule has 3 aliphatic rings. The monoisotopic (exact) mass is 416 g/mol. The Bertz CT molecular complexity index is 931. The quantitative estimate of drug-likeness (QED) is 0.721. The normalized spacial score (nSPS) is 25.2. The molecule has 5 rings (SSSR count). The van der Waals surface area contributed by atoms with E-state index in [-0.39, 0.29) is 46.2 Å². The molecule has 0 saturated heterocycles. The lowest BCUT2D eigenvalue weighted by Gasteiger charge is -2.69. The summed E-state index contributed by atoms with van der Waals surface area (Å²) in [5.41, 5.74) is 0.362. The van der Waals surface area contributed by atoms with Crippen LogP contribution in [0.15, 0.2) is 48.5 Å². The van der Waals surface area contributed by atoms with Gasteiger partial charge in [-0.15, -0.1) is 0 Å². The van der Waals surface area contributed by atoms with Gasteiger partial charge in [0.1, 0.15) is 11.6 Å². The maximum atomic E-state index is 13.4. The average molecular weight is 417 g/mol. The highest BCUT2D eigenvalue weighted by Gasteiger charge is 2.72. The second kappa shape index (κ2) is 7.34. The molecule has 3 aliphatic carbocycles. The zero-order chi connectivity index (χ0) is 20.6. The van der Waals surface area contributed by atoms with Gasteiger partial charge in [-0.3, -0.25) is 9.59 Å². The van der Waals surface area contributed by atoms with Gasteiger partial charge in [-0.1, -0.05) is 41.9 Å². The number of ether oxygens (including phenoxy) is 1. The Morgan fingerprint density at radius 3 is 2.52 bits per heavy atom. The second-order valence-corrected chi connectivity index (χ2v) is 8.52. The molecule has 7 heteroatoms. The minimum absolute atomic E-state index is 0.000764. The van der Waals surface area contributed by atoms with Gasteiger partial charge >= 0.3 is 0 Å². The number of rotatable bonds is 7. The summed E-state index contributed by atoms with van der Waals surface area (Å²) in [5, 5.41) is 6.04. The molecular weight excluding hydrogens is 395 g/mol. The maximum Gasteiger partial charge on any atom is 0.258 e. The van der Waals surface area contributed by atoms with E-state index in [2.05, 4.69) is 10.6 Å². The van der Waals surface area contributed by atoms with E-state index in [4.69, 9.17) is 16.3 Å². The number of nitrogens with one attached hydrogen (secondary N) is 2. The van der Waals surface area contributed by atoms with E-state index in [1.807, 2.05) is 37.3 Å². The summed E-state index contributed by atoms with van der Waals surface area (Å²) in [6.07, 6.45) is 1.90. The highest BCUT2D eigenvalue weighted by molar-refractivity contribution is 6.30. The summed E-state index contributed by atoms with van der Waals surface area (Å²) in [6, 6.07) is 13.8. The van der Waals surface area contributed by atoms with Crippen molar-refractivity contribution in [1.29, 1.82) is 0 Å². The molecule has 29 heavy (non-hydrogen) atoms. The fourth-order valence-corrected chi connectivity index (χ4v) is 4.50. The van der Waals surface area contributed by atoms with Crippen molar-refractivity contribution in [2.75, 3.05) is 6.61 Å². The van der Waals surface area contributed by atoms with E-state index in [9.17, 15) is 14.0 Å². The Balaban J connectivity index is 1.23. The topological polar surface area (TPSA) is 67.4 Å². The van der Waals surface area contributed by atoms with Gasteiger partial charge in [0.2, 0.25) is 5.91 Å². The molecule has 1 unspecified atom stereocenters. The molecule has 0 radical (unpaired) electrons. The van der Waals surface area contributed by atoms with E-state index in [1.54, 1.807) is 0 Å². The van der Waals surface area contributed by atoms with Crippen LogP contribution in [0.4, 0.5) is 4.39 Å². The van der Waals surface area contributed by atoms with Crippen molar-refractivity contribution in [3.63, 3.8) is 0 Å². The van der Waals surface area contributed by atoms with Crippen molar-refractivity contribution in [2.45, 2.75) is 37.8 Å². The third-order valence-electron chi connectivity index (χ3n) is 5.82. The second-order valence-electron chi connectivity index (χ2n) is 8.11. The molecule has 0 spiro atoms. The van der Waals surface area contributed by atoms with Crippen LogP contribution in [0.25, 0.3) is 0 Å². The standard InChI is InChI=1S/C22H22ClFN2O3/c1-14(15-5-3-2-4-6-15)25-20(28)21-11-22(12-21,13-21)26-19(27)10-29-16-7-8-17(23)18(24)9-16/h2-9,14H,10-13H2,1H3,(H,25,28)(H,26,27). The van der Waals surface area contributed by atoms with Gasteiger partial charge in [0.05, 0.1) is 16.5 Å². The fraction of sp³-hybridized carbons (Fsp3) is 0.364. The Kier molecular flexibility index (Phi) is 4.99. The van der Waals surface area contributed by atoms with Crippen LogP contribution in [0.2, 0.25) is 5.02 Å². The molecule has 2 bridgehead atoms. The van der Waals surface area contributed by atoms with Crippen LogP contribution in [0, 0.1) is 11.2 Å². The summed E-state index contributed by atoms with van der Waals surface area (Å²) in [5.74, 6) is -0.600. The van der Waals surface area contributed by atoms with Gasteiger partial charge in [0.25, 0.3) is 5.91 Å². The molecule has 152 valence electrons. The number of benzene rings is 2. The van der Waals surface area contributed by atoms with Crippen molar-refractivity contribution in [3.8, 4) is 5.75 Å². The van der Waals surface area contributed by atoms with Crippen molar-refractivity contribution in [1.82, 2.24) is 10.6 Å². The SMILES string of the molecule is CC(NC(=O)C12CC(NC(=O)COc3ccc(Cl)c(F)c3)(C1)C2)c1ccccc1. The summed E-state index contributed by atoms with van der Waals surface area (Å²) in [6.45, 7) is 1.75. The first-order valence-electron chi connectivity index (χ1n) is 9.56. The van der Waals surface area contributed by atoms with Crippen molar-refractivity contribution < 1.29 is 18.7 Å². The molecule has 3 fully saturated rings. The third kappa shape index (κ3) is 3.81. The first kappa shape index (κ1) is 19.7. The van der Waals surface area contributed by atoms with E-state index < -0.39 is 5.82 Å². The fourth-order valence-electron chi connectivity index (χ4n) is 4.38. The average Bonchev–Trinajstić information content (AvgIpc) is 2.65. The van der Waals surface area contributed by atoms with E-state index in [0.717, 1.165) is 11.6 Å². The zero-order valence-electron chi connectivity index (χ0n) is 16.0. The smallest absolute Gasteiger partial charge is 0.258 e. The maximum absolute atomic E-state index is 13.4. The molecule has 0 aromatic heterocycles. The van der Waals surface area contributed by atoms with E-state index >= 15 is 0 Å². The summed E-state index contributed by atoms with van der Waals surface area (Å²) in [7, 11) is 0. The Hall–Kier alpha value is -2.60. The molecule has 2 aromatic rings. The minimum atomic E-state index is -0.596. The highest BCUT2D eigenvalue weighted by atomic mass is 35.5. The zero-order valence-corrected chi connectivity index (χ0v) is 16.8. The lowest BCUT2D eigenvalue weighted by molar-refractivity contribution is -0.184. The van der Waals surface area contributed by atoms with Crippen LogP contribution in [-0.4, -0.2) is 24.0 Å². The first-order valence-corrected chi connectivity index (χ1v) is 9.94. The first-order chi connectivity index (χ1) is 13.8. The molecule has 5 nitrogen and oxygen atoms in total. The van der Waals surface area contributed by atoms with E-state index in [1.165, 1.54) is 12.1 Å². The number of hydrogen-bond donors (Lipinski definition) is 2. The number of amides is 2. The molecule has 2 aromatic carbocycles. The highest BCUT2D eigenvalue weighted by Crippen LogP contribution is 2.67. The van der Waals surface area contributed by atoms with Gasteiger partial charge in [-0.25, -0.2) is 4.39 Å². The molecule has 2 N–H and O–H groups in total. The summed E-state index contributed by atoms with van der Waals surface area (Å²) in [4.78, 5) is 24.9. The summed E-state index contributed by atoms with van der Waals surface area (Å²) >= 11 is 5.62. The third-order valence-corrected chi connectivity index (χ3v) is 6.13. The van der Waals surface area contributed by atoms with Crippen LogP contribution in [-0.2, 0) is 9.59 Å². The van der Waals surface area contributed by atoms with Gasteiger partial charge in [0.15, 0.2) is 6.61 Å². The number of hydrogen-bond acceptors (Lipinski definition) is 3. The van der Waals surface area contributed by atoms with Crippen molar-refractivity contribution in [2.24, 2.45) is 5.41 Å². The Labute approximate surface area is 173 Å². The predicted molar refractivity (Wildman–Crippen MR) is 107 cm³/mol. The molecule has 0 aliphatic heterocycles. The van der Waals surface area contributed by atoms with Crippen LogP contribution >= 0.6 is 11.6 Å². The molecule has 2 amide bonds. The van der Waals surface area contributed by atoms with Crippen LogP contribution in [0.3, 0.4) is 0 Å². The molecule has 1 atom stereocenters. The van der Waals surface area contributed by atoms with E-state index in [0.29, 0.717) is 19.3 Å². The largest absolute Gasteiger partial charge is 0.484 e. The van der Waals surface area contributed by atoms with Crippen LogP contribution < -0.4 is 15.4 Å². The number of carbonyl (C=O) groups is 2. The lowest BCUT2D eigenvalue weighted by Crippen LogP contribution is -2.78. The number of halogens is 2. The molecule has 3 saturated carbocycles. The number of carbonyl (C=O) groups excluding carboxylic acids is 2. The van der Waals surface area contributed by atoms with Crippen LogP contribution in [0.1, 0.15) is 37.8 Å². The lowest BCUT2D eigenvalue weighted by atomic mass is 9.39. The van der Waals surface area contributed by atoms with Crippen molar-refractivity contribution >= 4 is 23.4 Å². The Morgan fingerprint density at radius 1 is 1.17 bits per heavy atom. The minimum Gasteiger partial charge on any atom is -0.484 e. The summed E-state index contributed by atoms with van der Waals surface area (Å²) < 4.78 is 18.7. The molecule has 0 heterocycles.